The van der Waals surface area contributed by atoms with Crippen LogP contribution in [0.3, 0.4) is 0 Å². The van der Waals surface area contributed by atoms with Crippen LogP contribution in [0.1, 0.15) is 22.3 Å². The Morgan fingerprint density at radius 2 is 1.65 bits per heavy atom. The number of benzene rings is 4. The van der Waals surface area contributed by atoms with Crippen LogP contribution in [0.4, 0.5) is 10.5 Å². The highest BCUT2D eigenvalue weighted by molar-refractivity contribution is 6.39. The van der Waals surface area contributed by atoms with Crippen LogP contribution in [-0.2, 0) is 16.2 Å². The molecule has 1 aliphatic rings. The number of nitrogens with zero attached hydrogens (tertiary/aromatic N) is 1. The molecule has 7 heteroatoms. The van der Waals surface area contributed by atoms with Gasteiger partial charge in [0.2, 0.25) is 0 Å². The molecule has 0 saturated carbocycles. The van der Waals surface area contributed by atoms with Crippen molar-refractivity contribution in [1.29, 1.82) is 0 Å². The molecular formula is C30H24N2O5. The van der Waals surface area contributed by atoms with Crippen molar-refractivity contribution in [2.75, 3.05) is 4.90 Å². The molecule has 4 aromatic carbocycles. The molecule has 1 saturated heterocycles. The van der Waals surface area contributed by atoms with E-state index in [1.54, 1.807) is 0 Å². The number of phenols is 1. The Hall–Kier alpha value is -4.91. The second-order valence-electron chi connectivity index (χ2n) is 8.88. The van der Waals surface area contributed by atoms with Gasteiger partial charge in [0, 0.05) is 5.56 Å². The van der Waals surface area contributed by atoms with Crippen LogP contribution in [-0.4, -0.2) is 23.0 Å². The fourth-order valence-electron chi connectivity index (χ4n) is 4.24. The van der Waals surface area contributed by atoms with Gasteiger partial charge in [0.1, 0.15) is 23.7 Å². The Bertz CT molecular complexity index is 1590. The number of fused-ring (bicyclic) bond motifs is 1. The number of aryl methyl sites for hydroxylation is 2. The van der Waals surface area contributed by atoms with Crippen molar-refractivity contribution in [3.8, 4) is 11.5 Å². The standard InChI is InChI=1S/C30H24N2O5/c1-18-7-8-20(15-19(18)2)17-37-27-14-9-21-5-3-4-6-24(21)25(27)16-26-28(34)31-30(36)32(29(26)35)22-10-12-23(33)13-11-22/h3-16,33H,17H2,1-2H3,(H,31,34,36)/b26-16+. The minimum Gasteiger partial charge on any atom is -0.508 e. The van der Waals surface area contributed by atoms with E-state index in [0.717, 1.165) is 26.8 Å². The Kier molecular flexibility index (Phi) is 6.19. The number of barbiturate groups is 1. The smallest absolute Gasteiger partial charge is 0.335 e. The number of nitrogens with one attached hydrogen (secondary N) is 1. The summed E-state index contributed by atoms with van der Waals surface area (Å²) in [5.74, 6) is -1.08. The van der Waals surface area contributed by atoms with Crippen LogP contribution < -0.4 is 15.0 Å². The fraction of sp³-hybridized carbons (Fsp3) is 0.100. The molecule has 0 unspecified atom stereocenters. The van der Waals surface area contributed by atoms with E-state index in [1.807, 2.05) is 62.4 Å². The summed E-state index contributed by atoms with van der Waals surface area (Å²) in [6.45, 7) is 4.39. The van der Waals surface area contributed by atoms with E-state index >= 15 is 0 Å². The van der Waals surface area contributed by atoms with Gasteiger partial charge in [-0.15, -0.1) is 0 Å². The molecular weight excluding hydrogens is 468 g/mol. The number of amides is 4. The lowest BCUT2D eigenvalue weighted by Crippen LogP contribution is -2.54. The summed E-state index contributed by atoms with van der Waals surface area (Å²) in [6, 6.07) is 22.1. The summed E-state index contributed by atoms with van der Waals surface area (Å²) in [5, 5.41) is 13.5. The van der Waals surface area contributed by atoms with Gasteiger partial charge in [-0.1, -0.05) is 48.5 Å². The van der Waals surface area contributed by atoms with Gasteiger partial charge in [-0.3, -0.25) is 14.9 Å². The molecule has 0 spiro atoms. The molecule has 37 heavy (non-hydrogen) atoms. The Morgan fingerprint density at radius 3 is 2.41 bits per heavy atom. The minimum atomic E-state index is -0.859. The lowest BCUT2D eigenvalue weighted by molar-refractivity contribution is -0.122. The van der Waals surface area contributed by atoms with Crippen molar-refractivity contribution in [2.45, 2.75) is 20.5 Å². The van der Waals surface area contributed by atoms with E-state index < -0.39 is 17.8 Å². The van der Waals surface area contributed by atoms with Crippen LogP contribution in [0, 0.1) is 13.8 Å². The molecule has 0 aliphatic carbocycles. The Morgan fingerprint density at radius 1 is 0.892 bits per heavy atom. The average molecular weight is 493 g/mol. The molecule has 0 bridgehead atoms. The second kappa shape index (κ2) is 9.62. The summed E-state index contributed by atoms with van der Waals surface area (Å²) in [7, 11) is 0. The number of hydrogen-bond acceptors (Lipinski definition) is 5. The normalized spacial score (nSPS) is 14.8. The number of anilines is 1. The zero-order valence-electron chi connectivity index (χ0n) is 20.3. The second-order valence-corrected chi connectivity index (χ2v) is 8.88. The molecule has 1 aliphatic heterocycles. The third-order valence-electron chi connectivity index (χ3n) is 6.39. The monoisotopic (exact) mass is 492 g/mol. The maximum atomic E-state index is 13.4. The molecule has 2 N–H and O–H groups in total. The number of phenolic OH excluding ortho intramolecular Hbond substituents is 1. The number of carbonyl (C=O) groups is 3. The first-order chi connectivity index (χ1) is 17.8. The number of aromatic hydroxyl groups is 1. The number of urea groups is 1. The van der Waals surface area contributed by atoms with Gasteiger partial charge >= 0.3 is 6.03 Å². The first-order valence-corrected chi connectivity index (χ1v) is 11.7. The molecule has 0 aromatic heterocycles. The van der Waals surface area contributed by atoms with Crippen molar-refractivity contribution >= 4 is 40.4 Å². The van der Waals surface area contributed by atoms with E-state index in [-0.39, 0.29) is 17.0 Å². The van der Waals surface area contributed by atoms with Crippen molar-refractivity contribution in [1.82, 2.24) is 5.32 Å². The van der Waals surface area contributed by atoms with Crippen LogP contribution in [0.2, 0.25) is 0 Å². The zero-order valence-corrected chi connectivity index (χ0v) is 20.3. The molecule has 1 heterocycles. The van der Waals surface area contributed by atoms with E-state index in [1.165, 1.54) is 35.9 Å². The van der Waals surface area contributed by atoms with Crippen molar-refractivity contribution in [3.63, 3.8) is 0 Å². The first kappa shape index (κ1) is 23.8. The molecule has 0 atom stereocenters. The maximum Gasteiger partial charge on any atom is 0.335 e. The number of hydrogen-bond donors (Lipinski definition) is 2. The summed E-state index contributed by atoms with van der Waals surface area (Å²) < 4.78 is 6.19. The van der Waals surface area contributed by atoms with Crippen molar-refractivity contribution in [2.24, 2.45) is 0 Å². The Balaban J connectivity index is 1.57. The number of rotatable bonds is 5. The fourth-order valence-corrected chi connectivity index (χ4v) is 4.24. The first-order valence-electron chi connectivity index (χ1n) is 11.7. The summed E-state index contributed by atoms with van der Waals surface area (Å²) in [5.41, 5.74) is 3.91. The van der Waals surface area contributed by atoms with Crippen molar-refractivity contribution < 1.29 is 24.2 Å². The van der Waals surface area contributed by atoms with Gasteiger partial charge in [-0.2, -0.15) is 0 Å². The van der Waals surface area contributed by atoms with Gasteiger partial charge in [0.05, 0.1) is 5.69 Å². The van der Waals surface area contributed by atoms with Crippen LogP contribution >= 0.6 is 0 Å². The van der Waals surface area contributed by atoms with Gasteiger partial charge in [-0.25, -0.2) is 9.69 Å². The predicted molar refractivity (Wildman–Crippen MR) is 141 cm³/mol. The highest BCUT2D eigenvalue weighted by atomic mass is 16.5. The van der Waals surface area contributed by atoms with Crippen LogP contribution in [0.15, 0.2) is 84.4 Å². The maximum absolute atomic E-state index is 13.4. The van der Waals surface area contributed by atoms with E-state index in [2.05, 4.69) is 11.4 Å². The molecule has 5 rings (SSSR count). The van der Waals surface area contributed by atoms with E-state index in [0.29, 0.717) is 17.9 Å². The summed E-state index contributed by atoms with van der Waals surface area (Å²) in [6.07, 6.45) is 1.47. The average Bonchev–Trinajstić information content (AvgIpc) is 2.88. The van der Waals surface area contributed by atoms with Crippen LogP contribution in [0.25, 0.3) is 16.8 Å². The van der Waals surface area contributed by atoms with Gasteiger partial charge in [0.15, 0.2) is 0 Å². The predicted octanol–water partition coefficient (Wildman–Crippen LogP) is 5.41. The Labute approximate surface area is 213 Å². The lowest BCUT2D eigenvalue weighted by Gasteiger charge is -2.26. The molecule has 4 aromatic rings. The van der Waals surface area contributed by atoms with E-state index in [4.69, 9.17) is 4.74 Å². The zero-order chi connectivity index (χ0) is 26.1. The largest absolute Gasteiger partial charge is 0.508 e. The molecule has 4 amide bonds. The number of ether oxygens (including phenoxy) is 1. The van der Waals surface area contributed by atoms with Gasteiger partial charge < -0.3 is 9.84 Å². The van der Waals surface area contributed by atoms with Crippen LogP contribution in [0.5, 0.6) is 11.5 Å². The molecule has 1 fully saturated rings. The van der Waals surface area contributed by atoms with Gasteiger partial charge in [0.25, 0.3) is 11.8 Å². The SMILES string of the molecule is Cc1ccc(COc2ccc3ccccc3c2/C=C2\C(=O)NC(=O)N(c3ccc(O)cc3)C2=O)cc1C. The molecule has 184 valence electrons. The van der Waals surface area contributed by atoms with Gasteiger partial charge in [-0.05, 0) is 77.7 Å². The van der Waals surface area contributed by atoms with E-state index in [9.17, 15) is 19.5 Å². The number of carbonyl (C=O) groups excluding carboxylic acids is 3. The third kappa shape index (κ3) is 4.67. The quantitative estimate of drug-likeness (QED) is 0.287. The van der Waals surface area contributed by atoms with Crippen molar-refractivity contribution in [3.05, 3.63) is 107 Å². The number of imide groups is 2. The third-order valence-corrected chi connectivity index (χ3v) is 6.39. The minimum absolute atomic E-state index is 0.0122. The summed E-state index contributed by atoms with van der Waals surface area (Å²) in [4.78, 5) is 39.6. The topological polar surface area (TPSA) is 95.9 Å². The lowest BCUT2D eigenvalue weighted by atomic mass is 9.99. The summed E-state index contributed by atoms with van der Waals surface area (Å²) >= 11 is 0. The highest BCUT2D eigenvalue weighted by Crippen LogP contribution is 2.32. The molecule has 0 radical (unpaired) electrons. The molecule has 7 nitrogen and oxygen atoms in total. The highest BCUT2D eigenvalue weighted by Gasteiger charge is 2.37.